The molecule has 172 valence electrons. The van der Waals surface area contributed by atoms with Gasteiger partial charge in [0.2, 0.25) is 0 Å². The van der Waals surface area contributed by atoms with Gasteiger partial charge in [-0.2, -0.15) is 0 Å². The van der Waals surface area contributed by atoms with Gasteiger partial charge >= 0.3 is 0 Å². The van der Waals surface area contributed by atoms with E-state index in [2.05, 4.69) is 47.3 Å². The van der Waals surface area contributed by atoms with Crippen molar-refractivity contribution in [2.45, 2.75) is 31.8 Å². The maximum absolute atomic E-state index is 6.36. The molecular formula is C25H30N6O2. The van der Waals surface area contributed by atoms with Crippen LogP contribution in [0.4, 0.5) is 0 Å². The number of likely N-dealkylation sites (tertiary alicyclic amines) is 1. The van der Waals surface area contributed by atoms with Gasteiger partial charge in [-0.05, 0) is 50.1 Å². The molecule has 2 N–H and O–H groups in total. The van der Waals surface area contributed by atoms with Crippen LogP contribution in [0.3, 0.4) is 0 Å². The number of benzene rings is 1. The minimum atomic E-state index is -0.124. The predicted molar refractivity (Wildman–Crippen MR) is 128 cm³/mol. The number of hydrogen-bond donors (Lipinski definition) is 1. The smallest absolute Gasteiger partial charge is 0.187 e. The fourth-order valence-corrected chi connectivity index (χ4v) is 4.45. The number of nitrogens with two attached hydrogens (primary N) is 1. The van der Waals surface area contributed by atoms with Crippen LogP contribution in [0.1, 0.15) is 31.9 Å². The first-order chi connectivity index (χ1) is 15.9. The molecule has 0 saturated carbocycles. The van der Waals surface area contributed by atoms with Crippen LogP contribution < -0.4 is 10.5 Å². The molecule has 8 nitrogen and oxygen atoms in total. The Kier molecular flexibility index (Phi) is 5.74. The number of hydrogen-bond acceptors (Lipinski definition) is 7. The van der Waals surface area contributed by atoms with Crippen LogP contribution in [-0.2, 0) is 4.74 Å². The van der Waals surface area contributed by atoms with E-state index in [0.717, 1.165) is 53.3 Å². The molecule has 1 aliphatic rings. The summed E-state index contributed by atoms with van der Waals surface area (Å²) in [4.78, 5) is 7.30. The molecule has 1 aliphatic heterocycles. The largest absolute Gasteiger partial charge is 0.491 e. The molecular weight excluding hydrogens is 416 g/mol. The lowest BCUT2D eigenvalue weighted by molar-refractivity contribution is 0.146. The molecule has 1 aromatic carbocycles. The molecule has 0 aliphatic carbocycles. The van der Waals surface area contributed by atoms with Crippen molar-refractivity contribution in [2.75, 3.05) is 33.4 Å². The van der Waals surface area contributed by atoms with E-state index in [1.54, 1.807) is 7.11 Å². The maximum atomic E-state index is 6.36. The topological polar surface area (TPSA) is 90.8 Å². The highest BCUT2D eigenvalue weighted by Crippen LogP contribution is 2.29. The number of fused-ring (bicyclic) bond motifs is 2. The molecule has 0 unspecified atom stereocenters. The average molecular weight is 447 g/mol. The van der Waals surface area contributed by atoms with Gasteiger partial charge in [-0.25, -0.2) is 4.98 Å². The minimum absolute atomic E-state index is 0.124. The van der Waals surface area contributed by atoms with Crippen molar-refractivity contribution in [3.8, 4) is 17.3 Å². The van der Waals surface area contributed by atoms with Crippen molar-refractivity contribution < 1.29 is 9.47 Å². The summed E-state index contributed by atoms with van der Waals surface area (Å²) in [5.74, 6) is 1.49. The van der Waals surface area contributed by atoms with E-state index in [0.29, 0.717) is 13.2 Å². The van der Waals surface area contributed by atoms with Gasteiger partial charge in [0, 0.05) is 49.4 Å². The van der Waals surface area contributed by atoms with Crippen LogP contribution in [0, 0.1) is 0 Å². The standard InChI is InChI=1S/C25H30N6O2/c1-17(30-11-10-25(2,26)16-30)19-6-9-23-28-29-24(31(23)15-19)21-8-5-18-4-7-20(14-22(18)27-21)33-13-12-32-3/h4-9,14-15,17H,10-13,16,26H2,1-3H3/t17-,25-/m0/s1. The maximum Gasteiger partial charge on any atom is 0.187 e. The Morgan fingerprint density at radius 1 is 1.12 bits per heavy atom. The fourth-order valence-electron chi connectivity index (χ4n) is 4.45. The van der Waals surface area contributed by atoms with Crippen molar-refractivity contribution in [3.63, 3.8) is 0 Å². The van der Waals surface area contributed by atoms with E-state index in [1.165, 1.54) is 5.56 Å². The van der Waals surface area contributed by atoms with Crippen LogP contribution in [-0.4, -0.2) is 63.4 Å². The zero-order valence-corrected chi connectivity index (χ0v) is 19.4. The lowest BCUT2D eigenvalue weighted by Crippen LogP contribution is -2.39. The summed E-state index contributed by atoms with van der Waals surface area (Å²) < 4.78 is 12.8. The summed E-state index contributed by atoms with van der Waals surface area (Å²) in [5.41, 5.74) is 9.85. The molecule has 4 aromatic rings. The second-order valence-electron chi connectivity index (χ2n) is 9.16. The van der Waals surface area contributed by atoms with Crippen LogP contribution in [0.25, 0.3) is 28.1 Å². The Bertz CT molecular complexity index is 1280. The first-order valence-corrected chi connectivity index (χ1v) is 11.3. The first-order valence-electron chi connectivity index (χ1n) is 11.3. The Balaban J connectivity index is 1.47. The number of methoxy groups -OCH3 is 1. The van der Waals surface area contributed by atoms with E-state index in [9.17, 15) is 0 Å². The normalized spacial score (nSPS) is 20.0. The van der Waals surface area contributed by atoms with Gasteiger partial charge in [-0.1, -0.05) is 12.1 Å². The molecule has 3 aromatic heterocycles. The third kappa shape index (κ3) is 4.42. The van der Waals surface area contributed by atoms with E-state index in [1.807, 2.05) is 34.7 Å². The van der Waals surface area contributed by atoms with Crippen molar-refractivity contribution >= 4 is 16.6 Å². The highest BCUT2D eigenvalue weighted by molar-refractivity contribution is 5.82. The molecule has 1 fully saturated rings. The average Bonchev–Trinajstić information content (AvgIpc) is 3.40. The second-order valence-corrected chi connectivity index (χ2v) is 9.16. The summed E-state index contributed by atoms with van der Waals surface area (Å²) in [5, 5.41) is 9.85. The molecule has 33 heavy (non-hydrogen) atoms. The molecule has 1 saturated heterocycles. The van der Waals surface area contributed by atoms with Crippen molar-refractivity contribution in [2.24, 2.45) is 5.73 Å². The number of pyridine rings is 2. The Morgan fingerprint density at radius 2 is 1.97 bits per heavy atom. The summed E-state index contributed by atoms with van der Waals surface area (Å²) in [6.45, 7) is 7.29. The van der Waals surface area contributed by atoms with Crippen LogP contribution >= 0.6 is 0 Å². The van der Waals surface area contributed by atoms with Crippen molar-refractivity contribution in [3.05, 3.63) is 54.2 Å². The van der Waals surface area contributed by atoms with E-state index < -0.39 is 0 Å². The summed E-state index contributed by atoms with van der Waals surface area (Å²) in [6.07, 6.45) is 3.13. The quantitative estimate of drug-likeness (QED) is 0.435. The van der Waals surface area contributed by atoms with E-state index in [-0.39, 0.29) is 11.6 Å². The number of rotatable bonds is 7. The summed E-state index contributed by atoms with van der Waals surface area (Å²) in [7, 11) is 1.66. The fraction of sp³-hybridized carbons (Fsp3) is 0.400. The van der Waals surface area contributed by atoms with Gasteiger partial charge in [0.05, 0.1) is 12.1 Å². The molecule has 2 atom stereocenters. The Labute approximate surface area is 193 Å². The predicted octanol–water partition coefficient (Wildman–Crippen LogP) is 3.45. The van der Waals surface area contributed by atoms with E-state index in [4.69, 9.17) is 20.2 Å². The molecule has 0 amide bonds. The number of nitrogens with zero attached hydrogens (tertiary/aromatic N) is 5. The Morgan fingerprint density at radius 3 is 2.76 bits per heavy atom. The molecule has 4 heterocycles. The van der Waals surface area contributed by atoms with Gasteiger partial charge in [0.25, 0.3) is 0 Å². The Hall–Kier alpha value is -3.07. The van der Waals surface area contributed by atoms with Crippen LogP contribution in [0.15, 0.2) is 48.7 Å². The molecule has 8 heteroatoms. The molecule has 0 spiro atoms. The van der Waals surface area contributed by atoms with Gasteiger partial charge < -0.3 is 15.2 Å². The molecule has 5 rings (SSSR count). The van der Waals surface area contributed by atoms with Crippen LogP contribution in [0.5, 0.6) is 5.75 Å². The SMILES string of the molecule is COCCOc1ccc2ccc(-c3nnc4ccc([C@H](C)N5CC[C@](C)(N)C5)cn34)nc2c1. The minimum Gasteiger partial charge on any atom is -0.491 e. The zero-order valence-electron chi connectivity index (χ0n) is 19.4. The van der Waals surface area contributed by atoms with Crippen molar-refractivity contribution in [1.29, 1.82) is 0 Å². The van der Waals surface area contributed by atoms with Gasteiger partial charge in [0.15, 0.2) is 11.5 Å². The van der Waals surface area contributed by atoms with Gasteiger partial charge in [0.1, 0.15) is 18.1 Å². The monoisotopic (exact) mass is 446 g/mol. The van der Waals surface area contributed by atoms with E-state index >= 15 is 0 Å². The van der Waals surface area contributed by atoms with Gasteiger partial charge in [-0.3, -0.25) is 9.30 Å². The van der Waals surface area contributed by atoms with Gasteiger partial charge in [-0.15, -0.1) is 10.2 Å². The first kappa shape index (κ1) is 21.8. The lowest BCUT2D eigenvalue weighted by atomic mass is 10.0. The summed E-state index contributed by atoms with van der Waals surface area (Å²) in [6, 6.07) is 14.3. The third-order valence-corrected chi connectivity index (χ3v) is 6.44. The second kappa shape index (κ2) is 8.70. The third-order valence-electron chi connectivity index (χ3n) is 6.44. The zero-order chi connectivity index (χ0) is 23.0. The summed E-state index contributed by atoms with van der Waals surface area (Å²) >= 11 is 0. The van der Waals surface area contributed by atoms with Crippen molar-refractivity contribution in [1.82, 2.24) is 24.5 Å². The highest BCUT2D eigenvalue weighted by Gasteiger charge is 2.32. The number of ether oxygens (including phenoxy) is 2. The molecule has 0 radical (unpaired) electrons. The van der Waals surface area contributed by atoms with Crippen LogP contribution in [0.2, 0.25) is 0 Å². The highest BCUT2D eigenvalue weighted by atomic mass is 16.5. The lowest BCUT2D eigenvalue weighted by Gasteiger charge is -2.26. The number of aromatic nitrogens is 4. The molecule has 0 bridgehead atoms.